The van der Waals surface area contributed by atoms with Crippen LogP contribution in [0.3, 0.4) is 0 Å². The van der Waals surface area contributed by atoms with E-state index in [1.807, 2.05) is 30.1 Å². The maximum absolute atomic E-state index is 13.5. The van der Waals surface area contributed by atoms with Crippen LogP contribution in [0.25, 0.3) is 10.9 Å². The zero-order valence-corrected chi connectivity index (χ0v) is 27.6. The summed E-state index contributed by atoms with van der Waals surface area (Å²) >= 11 is 6.55. The van der Waals surface area contributed by atoms with Gasteiger partial charge >= 0.3 is 10.1 Å². The second-order valence-electron chi connectivity index (χ2n) is 10.8. The Morgan fingerprint density at radius 2 is 2.00 bits per heavy atom. The number of hydrogen-bond donors (Lipinski definition) is 2. The molecule has 0 saturated carbocycles. The fourth-order valence-corrected chi connectivity index (χ4v) is 5.79. The van der Waals surface area contributed by atoms with Gasteiger partial charge in [0.15, 0.2) is 0 Å². The zero-order valence-electron chi connectivity index (χ0n) is 26.0. The Morgan fingerprint density at radius 1 is 1.17 bits per heavy atom. The lowest BCUT2D eigenvalue weighted by atomic mass is 10.1. The molecule has 3 heterocycles. The van der Waals surface area contributed by atoms with Crippen LogP contribution in [-0.2, 0) is 25.7 Å². The number of anilines is 3. The molecule has 244 valence electrons. The number of nitriles is 1. The number of nitrogens with zero attached hydrogens (tertiary/aromatic N) is 4. The number of aromatic nitrogens is 2. The van der Waals surface area contributed by atoms with Crippen molar-refractivity contribution in [1.29, 1.82) is 5.26 Å². The number of pyridine rings is 2. The summed E-state index contributed by atoms with van der Waals surface area (Å²) in [5, 5.41) is 16.8. The SMILES string of the molecule is CCOc1cc2ncc(C#N)c(Nc3ccc(OCc4ccccn4)c(Cl)c3)c2cc1NC(=O)/C(=C\[C@H]1CCCN1C)OS(C)(=O)=O. The van der Waals surface area contributed by atoms with E-state index in [0.717, 1.165) is 31.3 Å². The lowest BCUT2D eigenvalue weighted by molar-refractivity contribution is -0.114. The number of likely N-dealkylation sites (N-methyl/N-ethyl adjacent to an activating group) is 1. The van der Waals surface area contributed by atoms with Gasteiger partial charge in [-0.2, -0.15) is 13.7 Å². The number of likely N-dealkylation sites (tertiary alicyclic amines) is 1. The van der Waals surface area contributed by atoms with Gasteiger partial charge in [-0.3, -0.25) is 19.7 Å². The molecule has 0 aliphatic carbocycles. The van der Waals surface area contributed by atoms with Crippen LogP contribution in [0.15, 0.2) is 72.8 Å². The summed E-state index contributed by atoms with van der Waals surface area (Å²) in [6.45, 7) is 3.11. The summed E-state index contributed by atoms with van der Waals surface area (Å²) < 4.78 is 40.9. The average molecular weight is 677 g/mol. The first kappa shape index (κ1) is 33.5. The maximum atomic E-state index is 13.5. The molecule has 5 rings (SSSR count). The summed E-state index contributed by atoms with van der Waals surface area (Å²) in [5.41, 5.74) is 2.66. The standard InChI is InChI=1S/C33H33ClN6O6S/c1-4-44-30-17-27-25(16-28(30)39-33(41)31(46-47(3,42)43)15-24-9-7-13-40(24)2)32(21(18-35)19-37-27)38-22-10-11-29(26(34)14-22)45-20-23-8-5-6-12-36-23/h5-6,8,10-12,14-17,19,24H,4,7,9,13,20H2,1-3H3,(H,37,38)(H,39,41)/b31-15+/t24-/m1/s1. The van der Waals surface area contributed by atoms with E-state index in [0.29, 0.717) is 38.8 Å². The Bertz CT molecular complexity index is 1970. The number of halogens is 1. The van der Waals surface area contributed by atoms with Crippen LogP contribution in [0.5, 0.6) is 11.5 Å². The first-order valence-electron chi connectivity index (χ1n) is 14.8. The average Bonchev–Trinajstić information content (AvgIpc) is 3.44. The number of benzene rings is 2. The van der Waals surface area contributed by atoms with Crippen LogP contribution < -0.4 is 20.1 Å². The van der Waals surface area contributed by atoms with Crippen molar-refractivity contribution in [2.24, 2.45) is 0 Å². The van der Waals surface area contributed by atoms with E-state index >= 15 is 0 Å². The lowest BCUT2D eigenvalue weighted by Gasteiger charge is -2.19. The van der Waals surface area contributed by atoms with Crippen molar-refractivity contribution in [2.75, 3.05) is 37.1 Å². The third kappa shape index (κ3) is 8.48. The first-order chi connectivity index (χ1) is 22.5. The molecule has 0 radical (unpaired) electrons. The monoisotopic (exact) mass is 676 g/mol. The van der Waals surface area contributed by atoms with Gasteiger partial charge in [-0.1, -0.05) is 17.7 Å². The number of carbonyl (C=O) groups excluding carboxylic acids is 1. The predicted molar refractivity (Wildman–Crippen MR) is 179 cm³/mol. The third-order valence-corrected chi connectivity index (χ3v) is 8.10. The minimum Gasteiger partial charge on any atom is -0.492 e. The van der Waals surface area contributed by atoms with Gasteiger partial charge in [-0.15, -0.1) is 0 Å². The predicted octanol–water partition coefficient (Wildman–Crippen LogP) is 5.77. The van der Waals surface area contributed by atoms with Gasteiger partial charge in [-0.25, -0.2) is 0 Å². The molecule has 12 nitrogen and oxygen atoms in total. The molecule has 0 unspecified atom stereocenters. The molecule has 1 fully saturated rings. The lowest BCUT2D eigenvalue weighted by Crippen LogP contribution is -2.26. The zero-order chi connectivity index (χ0) is 33.6. The van der Waals surface area contributed by atoms with Crippen molar-refractivity contribution in [3.8, 4) is 17.6 Å². The number of rotatable bonds is 12. The fraction of sp³-hybridized carbons (Fsp3) is 0.273. The highest BCUT2D eigenvalue weighted by Gasteiger charge is 2.25. The Kier molecular flexibility index (Phi) is 10.5. The van der Waals surface area contributed by atoms with Crippen molar-refractivity contribution in [3.63, 3.8) is 0 Å². The maximum Gasteiger partial charge on any atom is 0.306 e. The number of carbonyl (C=O) groups is 1. The Labute approximate surface area is 278 Å². The van der Waals surface area contributed by atoms with Gasteiger partial charge in [0.25, 0.3) is 5.91 Å². The Morgan fingerprint density at radius 3 is 2.66 bits per heavy atom. The molecule has 2 aromatic carbocycles. The highest BCUT2D eigenvalue weighted by Crippen LogP contribution is 2.37. The topological polar surface area (TPSA) is 156 Å². The first-order valence-corrected chi connectivity index (χ1v) is 17.0. The molecule has 1 saturated heterocycles. The molecular formula is C33H33ClN6O6S. The van der Waals surface area contributed by atoms with Crippen molar-refractivity contribution < 1.29 is 26.9 Å². The van der Waals surface area contributed by atoms with Gasteiger partial charge in [-0.05, 0) is 75.8 Å². The summed E-state index contributed by atoms with van der Waals surface area (Å²) in [4.78, 5) is 24.2. The molecule has 1 atom stereocenters. The van der Waals surface area contributed by atoms with E-state index in [2.05, 4.69) is 26.7 Å². The summed E-state index contributed by atoms with van der Waals surface area (Å²) in [6.07, 6.45) is 7.17. The van der Waals surface area contributed by atoms with Crippen LogP contribution in [0.2, 0.25) is 5.02 Å². The van der Waals surface area contributed by atoms with Crippen LogP contribution in [0.4, 0.5) is 17.1 Å². The van der Waals surface area contributed by atoms with E-state index in [1.165, 1.54) is 12.3 Å². The molecule has 0 spiro atoms. The molecule has 1 aliphatic rings. The highest BCUT2D eigenvalue weighted by molar-refractivity contribution is 7.86. The quantitative estimate of drug-likeness (QED) is 0.107. The molecule has 2 aromatic heterocycles. The highest BCUT2D eigenvalue weighted by atomic mass is 35.5. The van der Waals surface area contributed by atoms with E-state index in [1.54, 1.807) is 43.5 Å². The normalized spacial score (nSPS) is 15.2. The van der Waals surface area contributed by atoms with Crippen molar-refractivity contribution >= 4 is 55.6 Å². The summed E-state index contributed by atoms with van der Waals surface area (Å²) in [5.74, 6) is -0.372. The number of nitrogens with one attached hydrogen (secondary N) is 2. The van der Waals surface area contributed by atoms with Gasteiger partial charge in [0.2, 0.25) is 5.76 Å². The Balaban J connectivity index is 1.48. The van der Waals surface area contributed by atoms with E-state index in [9.17, 15) is 18.5 Å². The van der Waals surface area contributed by atoms with Crippen molar-refractivity contribution in [3.05, 3.63) is 89.0 Å². The van der Waals surface area contributed by atoms with Gasteiger partial charge in [0.1, 0.15) is 24.2 Å². The van der Waals surface area contributed by atoms with Gasteiger partial charge in [0.05, 0.1) is 46.0 Å². The molecule has 1 amide bonds. The van der Waals surface area contributed by atoms with Crippen LogP contribution in [0.1, 0.15) is 31.0 Å². The number of hydrogen-bond acceptors (Lipinski definition) is 11. The minimum absolute atomic E-state index is 0.169. The minimum atomic E-state index is -4.01. The third-order valence-electron chi connectivity index (χ3n) is 7.33. The van der Waals surface area contributed by atoms with E-state index < -0.39 is 16.0 Å². The summed E-state index contributed by atoms with van der Waals surface area (Å²) in [7, 11) is -2.11. The molecule has 0 bridgehead atoms. The van der Waals surface area contributed by atoms with Gasteiger partial charge in [0, 0.05) is 35.6 Å². The van der Waals surface area contributed by atoms with Crippen LogP contribution in [0, 0.1) is 11.3 Å². The van der Waals surface area contributed by atoms with Gasteiger partial charge < -0.3 is 24.3 Å². The smallest absolute Gasteiger partial charge is 0.306 e. The van der Waals surface area contributed by atoms with E-state index in [4.69, 9.17) is 25.3 Å². The number of fused-ring (bicyclic) bond motifs is 1. The Hall–Kier alpha value is -4.90. The molecule has 47 heavy (non-hydrogen) atoms. The van der Waals surface area contributed by atoms with E-state index in [-0.39, 0.29) is 36.3 Å². The second-order valence-corrected chi connectivity index (χ2v) is 12.8. The largest absolute Gasteiger partial charge is 0.492 e. The molecular weight excluding hydrogens is 644 g/mol. The van der Waals surface area contributed by atoms with Crippen molar-refractivity contribution in [2.45, 2.75) is 32.4 Å². The van der Waals surface area contributed by atoms with Crippen LogP contribution >= 0.6 is 11.6 Å². The molecule has 4 aromatic rings. The number of amides is 1. The second kappa shape index (κ2) is 14.7. The fourth-order valence-electron chi connectivity index (χ4n) is 5.10. The van der Waals surface area contributed by atoms with Crippen LogP contribution in [-0.4, -0.2) is 61.7 Å². The molecule has 1 aliphatic heterocycles. The molecule has 2 N–H and O–H groups in total. The summed E-state index contributed by atoms with van der Waals surface area (Å²) in [6, 6.07) is 15.9. The number of ether oxygens (including phenoxy) is 2. The van der Waals surface area contributed by atoms with Crippen molar-refractivity contribution in [1.82, 2.24) is 14.9 Å². The molecule has 14 heteroatoms.